The molecular weight excluding hydrogens is 222 g/mol. The van der Waals surface area contributed by atoms with Crippen LogP contribution in [0.3, 0.4) is 0 Å². The summed E-state index contributed by atoms with van der Waals surface area (Å²) in [7, 11) is 3.94. The number of allylic oxidation sites excluding steroid dienone is 1. The van der Waals surface area contributed by atoms with Gasteiger partial charge in [0.15, 0.2) is 0 Å². The predicted octanol–water partition coefficient (Wildman–Crippen LogP) is 3.50. The molecule has 0 unspecified atom stereocenters. The van der Waals surface area contributed by atoms with E-state index in [9.17, 15) is 0 Å². The Bertz CT molecular complexity index is 452. The second kappa shape index (κ2) is 5.57. The lowest BCUT2D eigenvalue weighted by molar-refractivity contribution is 0.313. The Kier molecular flexibility index (Phi) is 4.07. The number of nitrogens with zero attached hydrogens (tertiary/aromatic N) is 1. The lowest BCUT2D eigenvalue weighted by Gasteiger charge is -2.26. The highest BCUT2D eigenvalue weighted by Crippen LogP contribution is 2.32. The summed E-state index contributed by atoms with van der Waals surface area (Å²) >= 11 is 0. The molecule has 1 fully saturated rings. The van der Waals surface area contributed by atoms with Gasteiger partial charge in [-0.15, -0.1) is 0 Å². The molecule has 1 aliphatic rings. The van der Waals surface area contributed by atoms with Gasteiger partial charge < -0.3 is 9.64 Å². The molecule has 0 N–H and O–H groups in total. The quantitative estimate of drug-likeness (QED) is 0.790. The summed E-state index contributed by atoms with van der Waals surface area (Å²) in [5.74, 6) is 0.990. The Labute approximate surface area is 110 Å². The minimum atomic E-state index is 0.990. The van der Waals surface area contributed by atoms with Crippen LogP contribution in [0, 0.1) is 6.92 Å². The molecule has 1 saturated heterocycles. The summed E-state index contributed by atoms with van der Waals surface area (Å²) < 4.78 is 5.49. The second-order valence-electron chi connectivity index (χ2n) is 5.24. The van der Waals surface area contributed by atoms with E-state index in [1.807, 2.05) is 0 Å². The molecule has 0 bridgehead atoms. The van der Waals surface area contributed by atoms with Gasteiger partial charge in [0.1, 0.15) is 5.75 Å². The minimum absolute atomic E-state index is 0.990. The van der Waals surface area contributed by atoms with Gasteiger partial charge in [0.2, 0.25) is 0 Å². The number of piperidine rings is 1. The van der Waals surface area contributed by atoms with Crippen molar-refractivity contribution in [2.75, 3.05) is 27.2 Å². The van der Waals surface area contributed by atoms with E-state index in [1.165, 1.54) is 42.6 Å². The fourth-order valence-corrected chi connectivity index (χ4v) is 2.57. The van der Waals surface area contributed by atoms with Crippen molar-refractivity contribution in [2.45, 2.75) is 26.7 Å². The minimum Gasteiger partial charge on any atom is -0.496 e. The lowest BCUT2D eigenvalue weighted by atomic mass is 9.93. The van der Waals surface area contributed by atoms with Crippen LogP contribution in [-0.4, -0.2) is 32.1 Å². The summed E-state index contributed by atoms with van der Waals surface area (Å²) in [6.45, 7) is 6.70. The maximum Gasteiger partial charge on any atom is 0.126 e. The molecule has 2 heteroatoms. The normalized spacial score (nSPS) is 16.8. The summed E-state index contributed by atoms with van der Waals surface area (Å²) in [6, 6.07) is 6.41. The first-order valence-corrected chi connectivity index (χ1v) is 6.64. The van der Waals surface area contributed by atoms with Crippen LogP contribution in [-0.2, 0) is 0 Å². The van der Waals surface area contributed by atoms with Gasteiger partial charge in [-0.25, -0.2) is 0 Å². The highest BCUT2D eigenvalue weighted by atomic mass is 16.5. The summed E-state index contributed by atoms with van der Waals surface area (Å²) in [6.07, 6.45) is 2.36. The Hall–Kier alpha value is -1.28. The zero-order chi connectivity index (χ0) is 13.1. The number of likely N-dealkylation sites (tertiary alicyclic amines) is 1. The zero-order valence-electron chi connectivity index (χ0n) is 11.9. The predicted molar refractivity (Wildman–Crippen MR) is 77.1 cm³/mol. The van der Waals surface area contributed by atoms with E-state index in [0.717, 1.165) is 5.75 Å². The molecule has 98 valence electrons. The number of hydrogen-bond acceptors (Lipinski definition) is 2. The molecule has 18 heavy (non-hydrogen) atoms. The third-order valence-electron chi connectivity index (χ3n) is 3.88. The van der Waals surface area contributed by atoms with Crippen molar-refractivity contribution in [1.82, 2.24) is 4.90 Å². The highest BCUT2D eigenvalue weighted by Gasteiger charge is 2.15. The van der Waals surface area contributed by atoms with Crippen molar-refractivity contribution < 1.29 is 4.74 Å². The largest absolute Gasteiger partial charge is 0.496 e. The summed E-state index contributed by atoms with van der Waals surface area (Å²) in [4.78, 5) is 2.39. The zero-order valence-corrected chi connectivity index (χ0v) is 11.9. The topological polar surface area (TPSA) is 12.5 Å². The number of aryl methyl sites for hydroxylation is 1. The van der Waals surface area contributed by atoms with Crippen molar-refractivity contribution in [3.05, 3.63) is 34.9 Å². The van der Waals surface area contributed by atoms with E-state index in [0.29, 0.717) is 0 Å². The van der Waals surface area contributed by atoms with Crippen molar-refractivity contribution in [3.8, 4) is 5.75 Å². The molecule has 0 spiro atoms. The van der Waals surface area contributed by atoms with Crippen LogP contribution in [0.25, 0.3) is 5.57 Å². The fourth-order valence-electron chi connectivity index (χ4n) is 2.57. The van der Waals surface area contributed by atoms with E-state index < -0.39 is 0 Å². The van der Waals surface area contributed by atoms with Crippen LogP contribution in [0.15, 0.2) is 23.8 Å². The van der Waals surface area contributed by atoms with E-state index in [1.54, 1.807) is 12.7 Å². The molecule has 1 aromatic carbocycles. The molecular formula is C16H23NO. The number of rotatable bonds is 2. The van der Waals surface area contributed by atoms with Crippen molar-refractivity contribution in [3.63, 3.8) is 0 Å². The molecule has 0 aliphatic carbocycles. The number of hydrogen-bond donors (Lipinski definition) is 0. The van der Waals surface area contributed by atoms with E-state index >= 15 is 0 Å². The maximum atomic E-state index is 5.49. The molecule has 1 aliphatic heterocycles. The first kappa shape index (κ1) is 13.2. The summed E-state index contributed by atoms with van der Waals surface area (Å²) in [5, 5.41) is 0. The fraction of sp³-hybridized carbons (Fsp3) is 0.500. The monoisotopic (exact) mass is 245 g/mol. The molecule has 0 saturated carbocycles. The molecule has 0 amide bonds. The van der Waals surface area contributed by atoms with Gasteiger partial charge in [0, 0.05) is 18.7 Å². The Morgan fingerprint density at radius 1 is 1.22 bits per heavy atom. The van der Waals surface area contributed by atoms with Gasteiger partial charge in [0.25, 0.3) is 0 Å². The number of benzene rings is 1. The van der Waals surface area contributed by atoms with E-state index in [4.69, 9.17) is 4.74 Å². The van der Waals surface area contributed by atoms with Crippen molar-refractivity contribution in [1.29, 1.82) is 0 Å². The van der Waals surface area contributed by atoms with Crippen LogP contribution >= 0.6 is 0 Å². The van der Waals surface area contributed by atoms with Crippen LogP contribution in [0.5, 0.6) is 5.75 Å². The number of ether oxygens (including phenoxy) is 1. The van der Waals surface area contributed by atoms with Gasteiger partial charge in [-0.2, -0.15) is 0 Å². The Morgan fingerprint density at radius 3 is 2.50 bits per heavy atom. The molecule has 0 radical (unpaired) electrons. The molecule has 2 rings (SSSR count). The smallest absolute Gasteiger partial charge is 0.126 e. The standard InChI is InChI=1S/C16H23NO/c1-12-5-6-16(18-4)15(11-12)13(2)14-7-9-17(3)10-8-14/h5-6,11H,7-10H2,1-4H3. The van der Waals surface area contributed by atoms with Gasteiger partial charge in [-0.05, 0) is 51.4 Å². The van der Waals surface area contributed by atoms with Gasteiger partial charge in [-0.3, -0.25) is 0 Å². The highest BCUT2D eigenvalue weighted by molar-refractivity contribution is 5.72. The molecule has 0 atom stereocenters. The van der Waals surface area contributed by atoms with Gasteiger partial charge >= 0.3 is 0 Å². The van der Waals surface area contributed by atoms with Gasteiger partial charge in [-0.1, -0.05) is 17.2 Å². The van der Waals surface area contributed by atoms with Crippen LogP contribution < -0.4 is 4.74 Å². The second-order valence-corrected chi connectivity index (χ2v) is 5.24. The average Bonchev–Trinajstić information content (AvgIpc) is 2.39. The molecule has 1 heterocycles. The van der Waals surface area contributed by atoms with Crippen LogP contribution in [0.1, 0.15) is 30.9 Å². The first-order chi connectivity index (χ1) is 8.61. The van der Waals surface area contributed by atoms with E-state index in [2.05, 4.69) is 44.0 Å². The third-order valence-corrected chi connectivity index (χ3v) is 3.88. The first-order valence-electron chi connectivity index (χ1n) is 6.64. The van der Waals surface area contributed by atoms with Crippen molar-refractivity contribution >= 4 is 5.57 Å². The number of methoxy groups -OCH3 is 1. The third kappa shape index (κ3) is 2.75. The van der Waals surface area contributed by atoms with Crippen LogP contribution in [0.4, 0.5) is 0 Å². The maximum absolute atomic E-state index is 5.49. The Morgan fingerprint density at radius 2 is 1.89 bits per heavy atom. The molecule has 0 aromatic heterocycles. The van der Waals surface area contributed by atoms with Gasteiger partial charge in [0.05, 0.1) is 7.11 Å². The Balaban J connectivity index is 2.35. The molecule has 2 nitrogen and oxygen atoms in total. The average molecular weight is 245 g/mol. The SMILES string of the molecule is COc1ccc(C)cc1C(C)=C1CCN(C)CC1. The van der Waals surface area contributed by atoms with Crippen molar-refractivity contribution in [2.24, 2.45) is 0 Å². The van der Waals surface area contributed by atoms with E-state index in [-0.39, 0.29) is 0 Å². The summed E-state index contributed by atoms with van der Waals surface area (Å²) in [5.41, 5.74) is 5.54. The molecule has 1 aromatic rings. The lowest BCUT2D eigenvalue weighted by Crippen LogP contribution is -2.26. The van der Waals surface area contributed by atoms with Crippen LogP contribution in [0.2, 0.25) is 0 Å².